The number of ether oxygens (including phenoxy) is 5. The van der Waals surface area contributed by atoms with Gasteiger partial charge in [-0.05, 0) is 32.9 Å². The lowest BCUT2D eigenvalue weighted by Gasteiger charge is -2.38. The molecule has 0 aromatic heterocycles. The van der Waals surface area contributed by atoms with Gasteiger partial charge in [0.1, 0.15) is 43.0 Å². The van der Waals surface area contributed by atoms with Crippen LogP contribution in [0.25, 0.3) is 0 Å². The van der Waals surface area contributed by atoms with E-state index in [-0.39, 0.29) is 50.9 Å². The summed E-state index contributed by atoms with van der Waals surface area (Å²) < 4.78 is 27.5. The second-order valence-corrected chi connectivity index (χ2v) is 12.4. The van der Waals surface area contributed by atoms with Crippen LogP contribution in [0.1, 0.15) is 39.7 Å². The number of aliphatic hydroxyl groups is 3. The normalized spacial score (nSPS) is 22.8. The number of nitrogens with zero attached hydrogens (tertiary/aromatic N) is 1. The van der Waals surface area contributed by atoms with Gasteiger partial charge < -0.3 is 49.4 Å². The third-order valence-corrected chi connectivity index (χ3v) is 7.32. The van der Waals surface area contributed by atoms with Crippen LogP contribution in [0.5, 0.6) is 11.5 Å². The van der Waals surface area contributed by atoms with Crippen molar-refractivity contribution in [3.8, 4) is 11.5 Å². The number of carbonyl (C=O) groups excluding carboxylic acids is 5. The molecule has 6 atom stereocenters. The van der Waals surface area contributed by atoms with E-state index in [1.165, 1.54) is 18.2 Å². The van der Waals surface area contributed by atoms with Crippen LogP contribution in [0.2, 0.25) is 0 Å². The van der Waals surface area contributed by atoms with Crippen molar-refractivity contribution in [1.82, 2.24) is 10.2 Å². The number of aliphatic hydroxyl groups excluding tert-OH is 3. The standard InChI is InChI=1S/C32H42N2O15/c1-17(13-19(35)15-34-22(36)7-8-23(34)37)28(41)33-9-10-45-11-12-46-21-14-20(6-5-18(21)16-47-31(44)32(2,3)4)48-30-26(40)24(38)25(39)27(49-30)29(42)43/h5-8,14,17,24-27,30,38-40H,9-13,15-16H2,1-4H3,(H,33,41)(H,42,43)/t17-,24+,25+,26-,27+,30-/m1/s1. The summed E-state index contributed by atoms with van der Waals surface area (Å²) in [7, 11) is 0. The number of Topliss-reactive ketones (excluding diaryl/α,β-unsaturated/α-hetero) is 1. The molecule has 2 heterocycles. The number of aliphatic carboxylic acids is 1. The molecule has 2 aliphatic rings. The molecule has 0 aliphatic carbocycles. The van der Waals surface area contributed by atoms with Crippen molar-refractivity contribution in [2.45, 2.75) is 71.4 Å². The molecular formula is C32H42N2O15. The summed E-state index contributed by atoms with van der Waals surface area (Å²) in [6.45, 7) is 6.27. The zero-order valence-corrected chi connectivity index (χ0v) is 27.5. The van der Waals surface area contributed by atoms with E-state index in [9.17, 15) is 49.2 Å². The summed E-state index contributed by atoms with van der Waals surface area (Å²) in [4.78, 5) is 72.4. The Morgan fingerprint density at radius 2 is 1.65 bits per heavy atom. The van der Waals surface area contributed by atoms with E-state index >= 15 is 0 Å². The van der Waals surface area contributed by atoms with Crippen LogP contribution in [0.3, 0.4) is 0 Å². The first-order chi connectivity index (χ1) is 23.0. The molecule has 17 heteroatoms. The van der Waals surface area contributed by atoms with E-state index in [0.29, 0.717) is 5.56 Å². The minimum Gasteiger partial charge on any atom is -0.491 e. The number of imide groups is 1. The van der Waals surface area contributed by atoms with Crippen LogP contribution in [0, 0.1) is 11.3 Å². The number of nitrogens with one attached hydrogen (secondary N) is 1. The lowest BCUT2D eigenvalue weighted by atomic mass is 9.97. The largest absolute Gasteiger partial charge is 0.491 e. The van der Waals surface area contributed by atoms with E-state index < -0.39 is 84.0 Å². The Hall–Kier alpha value is -4.42. The average molecular weight is 695 g/mol. The number of carbonyl (C=O) groups is 6. The Bertz CT molecular complexity index is 1400. The molecule has 1 saturated heterocycles. The molecule has 0 saturated carbocycles. The minimum absolute atomic E-state index is 0.0140. The van der Waals surface area contributed by atoms with Crippen LogP contribution in [-0.4, -0.2) is 124 Å². The second-order valence-electron chi connectivity index (χ2n) is 12.4. The summed E-state index contributed by atoms with van der Waals surface area (Å²) in [6.07, 6.45) is -7.08. The first-order valence-corrected chi connectivity index (χ1v) is 15.4. The fourth-order valence-corrected chi connectivity index (χ4v) is 4.50. The fourth-order valence-electron chi connectivity index (χ4n) is 4.50. The summed E-state index contributed by atoms with van der Waals surface area (Å²) in [5.41, 5.74) is -0.340. The molecule has 17 nitrogen and oxygen atoms in total. The predicted molar refractivity (Wildman–Crippen MR) is 165 cm³/mol. The zero-order valence-electron chi connectivity index (χ0n) is 27.5. The molecule has 3 rings (SSSR count). The van der Waals surface area contributed by atoms with Crippen molar-refractivity contribution < 1.29 is 72.9 Å². The highest BCUT2D eigenvalue weighted by Crippen LogP contribution is 2.30. The van der Waals surface area contributed by atoms with Crippen molar-refractivity contribution in [3.63, 3.8) is 0 Å². The number of hydrogen-bond donors (Lipinski definition) is 5. The van der Waals surface area contributed by atoms with Gasteiger partial charge in [-0.1, -0.05) is 6.92 Å². The topological polar surface area (TPSA) is 245 Å². The number of carboxylic acids is 1. The van der Waals surface area contributed by atoms with E-state index in [4.69, 9.17) is 23.7 Å². The Kier molecular flexibility index (Phi) is 13.8. The van der Waals surface area contributed by atoms with E-state index in [2.05, 4.69) is 5.32 Å². The van der Waals surface area contributed by atoms with Gasteiger partial charge in [0.15, 0.2) is 11.9 Å². The monoisotopic (exact) mass is 694 g/mol. The van der Waals surface area contributed by atoms with Crippen molar-refractivity contribution in [3.05, 3.63) is 35.9 Å². The number of benzene rings is 1. The quantitative estimate of drug-likeness (QED) is 0.0752. The number of amides is 3. The van der Waals surface area contributed by atoms with Crippen molar-refractivity contribution in [2.75, 3.05) is 32.9 Å². The first kappa shape index (κ1) is 39.0. The van der Waals surface area contributed by atoms with Crippen LogP contribution in [-0.2, 0) is 49.6 Å². The number of ketones is 1. The maximum Gasteiger partial charge on any atom is 0.335 e. The summed E-state index contributed by atoms with van der Waals surface area (Å²) in [5.74, 6) is -4.54. The third kappa shape index (κ3) is 11.0. The lowest BCUT2D eigenvalue weighted by Crippen LogP contribution is -2.61. The molecule has 1 aromatic carbocycles. The molecule has 0 unspecified atom stereocenters. The lowest BCUT2D eigenvalue weighted by molar-refractivity contribution is -0.271. The maximum absolute atomic E-state index is 12.4. The van der Waals surface area contributed by atoms with Gasteiger partial charge in [0.2, 0.25) is 12.2 Å². The van der Waals surface area contributed by atoms with Gasteiger partial charge >= 0.3 is 11.9 Å². The van der Waals surface area contributed by atoms with Gasteiger partial charge in [0.05, 0.1) is 25.2 Å². The van der Waals surface area contributed by atoms with Gasteiger partial charge in [0.25, 0.3) is 11.8 Å². The Labute approximate surface area is 281 Å². The zero-order chi connectivity index (χ0) is 36.5. The van der Waals surface area contributed by atoms with Gasteiger partial charge in [0, 0.05) is 42.7 Å². The van der Waals surface area contributed by atoms with Crippen molar-refractivity contribution >= 4 is 35.4 Å². The molecule has 270 valence electrons. The molecule has 0 spiro atoms. The summed E-state index contributed by atoms with van der Waals surface area (Å²) in [5, 5.41) is 42.2. The van der Waals surface area contributed by atoms with Crippen LogP contribution >= 0.6 is 0 Å². The smallest absolute Gasteiger partial charge is 0.335 e. The van der Waals surface area contributed by atoms with Crippen molar-refractivity contribution in [2.24, 2.45) is 11.3 Å². The molecule has 5 N–H and O–H groups in total. The molecular weight excluding hydrogens is 652 g/mol. The number of esters is 1. The van der Waals surface area contributed by atoms with Gasteiger partial charge in [-0.3, -0.25) is 28.9 Å². The number of hydrogen-bond acceptors (Lipinski definition) is 14. The van der Waals surface area contributed by atoms with Gasteiger partial charge in [-0.15, -0.1) is 0 Å². The predicted octanol–water partition coefficient (Wildman–Crippen LogP) is -0.921. The minimum atomic E-state index is -1.89. The van der Waals surface area contributed by atoms with Gasteiger partial charge in [-0.25, -0.2) is 4.79 Å². The van der Waals surface area contributed by atoms with Crippen LogP contribution < -0.4 is 14.8 Å². The third-order valence-electron chi connectivity index (χ3n) is 7.32. The van der Waals surface area contributed by atoms with Crippen molar-refractivity contribution in [1.29, 1.82) is 0 Å². The number of carboxylic acid groups (broad SMARTS) is 1. The van der Waals surface area contributed by atoms with Gasteiger partial charge in [-0.2, -0.15) is 0 Å². The van der Waals surface area contributed by atoms with E-state index in [1.54, 1.807) is 27.7 Å². The van der Waals surface area contributed by atoms with E-state index in [1.807, 2.05) is 0 Å². The molecule has 0 radical (unpaired) electrons. The fraction of sp³-hybridized carbons (Fsp3) is 0.562. The average Bonchev–Trinajstić information content (AvgIpc) is 3.35. The Morgan fingerprint density at radius 1 is 0.980 bits per heavy atom. The first-order valence-electron chi connectivity index (χ1n) is 15.4. The highest BCUT2D eigenvalue weighted by molar-refractivity contribution is 6.14. The molecule has 49 heavy (non-hydrogen) atoms. The van der Waals surface area contributed by atoms with E-state index in [0.717, 1.165) is 17.1 Å². The molecule has 2 aliphatic heterocycles. The highest BCUT2D eigenvalue weighted by Gasteiger charge is 2.48. The molecule has 1 aromatic rings. The summed E-state index contributed by atoms with van der Waals surface area (Å²) >= 11 is 0. The summed E-state index contributed by atoms with van der Waals surface area (Å²) in [6, 6.07) is 4.31. The molecule has 3 amide bonds. The molecule has 0 bridgehead atoms. The second kappa shape index (κ2) is 17.3. The Balaban J connectivity index is 1.51. The highest BCUT2D eigenvalue weighted by atomic mass is 16.7. The van der Waals surface area contributed by atoms with Crippen LogP contribution in [0.15, 0.2) is 30.4 Å². The molecule has 1 fully saturated rings. The Morgan fingerprint density at radius 3 is 2.29 bits per heavy atom. The SMILES string of the molecule is C[C@H](CC(=O)CN1C(=O)C=CC1=O)C(=O)NCCOCCOc1cc(O[C@@H]2O[C@H](C(=O)O)[C@@H](O)[C@H](O)[C@H]2O)ccc1COC(=O)C(C)(C)C. The maximum atomic E-state index is 12.4. The number of rotatable bonds is 17. The van der Waals surface area contributed by atoms with Crippen LogP contribution in [0.4, 0.5) is 0 Å².